The van der Waals surface area contributed by atoms with Crippen molar-refractivity contribution in [2.75, 3.05) is 6.61 Å². The zero-order valence-electron chi connectivity index (χ0n) is 12.7. The number of nitrogens with one attached hydrogen (secondary N) is 1. The molecule has 21 heavy (non-hydrogen) atoms. The Balaban J connectivity index is 2.24. The van der Waals surface area contributed by atoms with Crippen LogP contribution in [0.3, 0.4) is 0 Å². The van der Waals surface area contributed by atoms with Crippen LogP contribution in [0.15, 0.2) is 54.9 Å². The van der Waals surface area contributed by atoms with Crippen LogP contribution in [0.25, 0.3) is 0 Å². The Kier molecular flexibility index (Phi) is 5.90. The second-order valence-electron chi connectivity index (χ2n) is 5.80. The number of nitrogens with zero attached hydrogens (tertiary/aromatic N) is 1. The zero-order chi connectivity index (χ0) is 15.1. The average Bonchev–Trinajstić information content (AvgIpc) is 2.52. The Labute approximate surface area is 127 Å². The molecule has 0 spiro atoms. The van der Waals surface area contributed by atoms with Crippen LogP contribution in [-0.2, 0) is 0 Å². The van der Waals surface area contributed by atoms with Gasteiger partial charge in [0.2, 0.25) is 0 Å². The van der Waals surface area contributed by atoms with Gasteiger partial charge in [0.05, 0.1) is 12.6 Å². The topological polar surface area (TPSA) is 45.1 Å². The largest absolute Gasteiger partial charge is 0.395 e. The monoisotopic (exact) mass is 284 g/mol. The molecule has 0 fully saturated rings. The molecule has 2 aromatic rings. The van der Waals surface area contributed by atoms with E-state index in [0.29, 0.717) is 5.92 Å². The van der Waals surface area contributed by atoms with Crippen LogP contribution < -0.4 is 5.32 Å². The molecule has 0 aliphatic heterocycles. The minimum atomic E-state index is 0.0742. The highest BCUT2D eigenvalue weighted by atomic mass is 16.3. The molecule has 3 nitrogen and oxygen atoms in total. The Hall–Kier alpha value is -1.71. The predicted octanol–water partition coefficient (Wildman–Crippen LogP) is 3.17. The van der Waals surface area contributed by atoms with Crippen LogP contribution in [0.1, 0.15) is 37.4 Å². The third-order valence-electron chi connectivity index (χ3n) is 3.55. The summed E-state index contributed by atoms with van der Waals surface area (Å²) in [4.78, 5) is 4.09. The van der Waals surface area contributed by atoms with Crippen LogP contribution in [0.5, 0.6) is 0 Å². The molecule has 2 N–H and O–H groups in total. The van der Waals surface area contributed by atoms with Gasteiger partial charge in [0, 0.05) is 18.4 Å². The summed E-state index contributed by atoms with van der Waals surface area (Å²) in [5.74, 6) is 0.545. The summed E-state index contributed by atoms with van der Waals surface area (Å²) in [6, 6.07) is 14.5. The van der Waals surface area contributed by atoms with E-state index in [2.05, 4.69) is 36.3 Å². The summed E-state index contributed by atoms with van der Waals surface area (Å²) in [6.45, 7) is 4.50. The molecule has 0 aliphatic carbocycles. The standard InChI is InChI=1S/C18H24N2O/c1-14(2)12-17(13-21)20-18(15-6-4-3-5-7-15)16-8-10-19-11-9-16/h3-11,14,17-18,20-21H,12-13H2,1-2H3. The lowest BCUT2D eigenvalue weighted by Gasteiger charge is -2.26. The Morgan fingerprint density at radius 3 is 2.19 bits per heavy atom. The number of aliphatic hydroxyl groups is 1. The Morgan fingerprint density at radius 2 is 1.62 bits per heavy atom. The lowest BCUT2D eigenvalue weighted by molar-refractivity contribution is 0.218. The molecule has 0 bridgehead atoms. The summed E-state index contributed by atoms with van der Waals surface area (Å²) in [5.41, 5.74) is 2.37. The van der Waals surface area contributed by atoms with E-state index in [4.69, 9.17) is 0 Å². The summed E-state index contributed by atoms with van der Waals surface area (Å²) < 4.78 is 0. The first kappa shape index (κ1) is 15.7. The molecular formula is C18H24N2O. The number of benzene rings is 1. The third-order valence-corrected chi connectivity index (χ3v) is 3.55. The highest BCUT2D eigenvalue weighted by Crippen LogP contribution is 2.23. The SMILES string of the molecule is CC(C)CC(CO)NC(c1ccccc1)c1ccncc1. The van der Waals surface area contributed by atoms with Gasteiger partial charge in [-0.25, -0.2) is 0 Å². The van der Waals surface area contributed by atoms with Crippen LogP contribution in [-0.4, -0.2) is 22.7 Å². The van der Waals surface area contributed by atoms with Crippen LogP contribution in [0.2, 0.25) is 0 Å². The van der Waals surface area contributed by atoms with Gasteiger partial charge in [0.15, 0.2) is 0 Å². The molecule has 0 radical (unpaired) electrons. The van der Waals surface area contributed by atoms with Crippen molar-refractivity contribution in [2.45, 2.75) is 32.4 Å². The number of hydrogen-bond acceptors (Lipinski definition) is 3. The molecule has 1 aromatic carbocycles. The smallest absolute Gasteiger partial charge is 0.0585 e. The van der Waals surface area contributed by atoms with Gasteiger partial charge in [0.25, 0.3) is 0 Å². The quantitative estimate of drug-likeness (QED) is 0.821. The van der Waals surface area contributed by atoms with Gasteiger partial charge in [0.1, 0.15) is 0 Å². The molecule has 0 amide bonds. The lowest BCUT2D eigenvalue weighted by atomic mass is 9.96. The summed E-state index contributed by atoms with van der Waals surface area (Å²) >= 11 is 0. The maximum Gasteiger partial charge on any atom is 0.0585 e. The average molecular weight is 284 g/mol. The minimum Gasteiger partial charge on any atom is -0.395 e. The third kappa shape index (κ3) is 4.66. The van der Waals surface area contributed by atoms with E-state index in [0.717, 1.165) is 6.42 Å². The molecule has 112 valence electrons. The molecule has 0 aliphatic rings. The molecule has 1 aromatic heterocycles. The summed E-state index contributed by atoms with van der Waals surface area (Å²) in [5, 5.41) is 13.2. The number of hydrogen-bond donors (Lipinski definition) is 2. The van der Waals surface area contributed by atoms with Crippen LogP contribution in [0.4, 0.5) is 0 Å². The normalized spacial score (nSPS) is 14.1. The van der Waals surface area contributed by atoms with Gasteiger partial charge in [-0.05, 0) is 35.6 Å². The molecule has 1 heterocycles. The predicted molar refractivity (Wildman–Crippen MR) is 86.0 cm³/mol. The van der Waals surface area contributed by atoms with Gasteiger partial charge in [-0.15, -0.1) is 0 Å². The van der Waals surface area contributed by atoms with Gasteiger partial charge in [-0.2, -0.15) is 0 Å². The molecule has 0 saturated heterocycles. The first-order valence-corrected chi connectivity index (χ1v) is 7.52. The molecule has 2 rings (SSSR count). The van der Waals surface area contributed by atoms with E-state index in [-0.39, 0.29) is 18.7 Å². The van der Waals surface area contributed by atoms with Crippen molar-refractivity contribution >= 4 is 0 Å². The highest BCUT2D eigenvalue weighted by molar-refractivity contribution is 5.30. The van der Waals surface area contributed by atoms with E-state index in [1.807, 2.05) is 42.7 Å². The van der Waals surface area contributed by atoms with E-state index in [9.17, 15) is 5.11 Å². The van der Waals surface area contributed by atoms with Crippen molar-refractivity contribution in [3.05, 3.63) is 66.0 Å². The van der Waals surface area contributed by atoms with Crippen LogP contribution >= 0.6 is 0 Å². The second-order valence-corrected chi connectivity index (χ2v) is 5.80. The highest BCUT2D eigenvalue weighted by Gasteiger charge is 2.19. The molecule has 2 unspecified atom stereocenters. The number of pyridine rings is 1. The van der Waals surface area contributed by atoms with Crippen molar-refractivity contribution < 1.29 is 5.11 Å². The van der Waals surface area contributed by atoms with E-state index in [1.54, 1.807) is 0 Å². The fourth-order valence-corrected chi connectivity index (χ4v) is 2.59. The zero-order valence-corrected chi connectivity index (χ0v) is 12.7. The molecule has 2 atom stereocenters. The maximum atomic E-state index is 9.64. The van der Waals surface area contributed by atoms with Crippen molar-refractivity contribution in [2.24, 2.45) is 5.92 Å². The fraction of sp³-hybridized carbons (Fsp3) is 0.389. The van der Waals surface area contributed by atoms with E-state index in [1.165, 1.54) is 11.1 Å². The second kappa shape index (κ2) is 7.91. The summed E-state index contributed by atoms with van der Waals surface area (Å²) in [6.07, 6.45) is 4.57. The van der Waals surface area contributed by atoms with Gasteiger partial charge >= 0.3 is 0 Å². The van der Waals surface area contributed by atoms with Crippen molar-refractivity contribution in [1.29, 1.82) is 0 Å². The Morgan fingerprint density at radius 1 is 1.00 bits per heavy atom. The van der Waals surface area contributed by atoms with Crippen molar-refractivity contribution in [3.63, 3.8) is 0 Å². The van der Waals surface area contributed by atoms with Crippen LogP contribution in [0, 0.1) is 5.92 Å². The summed E-state index contributed by atoms with van der Waals surface area (Å²) in [7, 11) is 0. The lowest BCUT2D eigenvalue weighted by Crippen LogP contribution is -2.37. The van der Waals surface area contributed by atoms with E-state index >= 15 is 0 Å². The van der Waals surface area contributed by atoms with Gasteiger partial charge in [-0.3, -0.25) is 4.98 Å². The fourth-order valence-electron chi connectivity index (χ4n) is 2.59. The number of aliphatic hydroxyl groups excluding tert-OH is 1. The van der Waals surface area contributed by atoms with Gasteiger partial charge in [-0.1, -0.05) is 44.2 Å². The Bertz CT molecular complexity index is 474. The minimum absolute atomic E-state index is 0.0742. The number of rotatable bonds is 7. The molecule has 0 saturated carbocycles. The van der Waals surface area contributed by atoms with Crippen molar-refractivity contribution in [3.8, 4) is 0 Å². The van der Waals surface area contributed by atoms with E-state index < -0.39 is 0 Å². The first-order chi connectivity index (χ1) is 10.2. The molecular weight excluding hydrogens is 260 g/mol. The van der Waals surface area contributed by atoms with Crippen molar-refractivity contribution in [1.82, 2.24) is 10.3 Å². The number of aromatic nitrogens is 1. The van der Waals surface area contributed by atoms with Gasteiger partial charge < -0.3 is 10.4 Å². The molecule has 3 heteroatoms. The maximum absolute atomic E-state index is 9.64. The first-order valence-electron chi connectivity index (χ1n) is 7.52.